The Morgan fingerprint density at radius 1 is 1.40 bits per heavy atom. The van der Waals surface area contributed by atoms with Gasteiger partial charge in [-0.05, 0) is 23.5 Å². The van der Waals surface area contributed by atoms with Gasteiger partial charge in [-0.2, -0.15) is 0 Å². The quantitative estimate of drug-likeness (QED) is 0.830. The maximum atomic E-state index is 13.7. The number of ether oxygens (including phenoxy) is 1. The molecule has 0 saturated heterocycles. The number of hydrogen-bond acceptors (Lipinski definition) is 2. The number of aliphatic hydroxyl groups is 1. The Balaban J connectivity index is 2.95. The smallest absolute Gasteiger partial charge is 0.168 e. The van der Waals surface area contributed by atoms with Gasteiger partial charge in [0.1, 0.15) is 0 Å². The maximum Gasteiger partial charge on any atom is 0.168 e. The molecule has 2 nitrogen and oxygen atoms in total. The zero-order valence-electron chi connectivity index (χ0n) is 9.38. The van der Waals surface area contributed by atoms with Crippen molar-refractivity contribution in [2.24, 2.45) is 5.41 Å². The van der Waals surface area contributed by atoms with Gasteiger partial charge in [0.05, 0.1) is 7.11 Å². The topological polar surface area (TPSA) is 29.5 Å². The zero-order valence-corrected chi connectivity index (χ0v) is 9.38. The molecule has 15 heavy (non-hydrogen) atoms. The molecule has 0 aromatic heterocycles. The van der Waals surface area contributed by atoms with Crippen molar-refractivity contribution in [2.45, 2.75) is 20.3 Å². The lowest BCUT2D eigenvalue weighted by Gasteiger charge is -2.22. The van der Waals surface area contributed by atoms with Gasteiger partial charge in [-0.3, -0.25) is 0 Å². The molecule has 0 atom stereocenters. The van der Waals surface area contributed by atoms with Crippen LogP contribution < -0.4 is 4.74 Å². The van der Waals surface area contributed by atoms with E-state index in [-0.39, 0.29) is 23.6 Å². The fourth-order valence-electron chi connectivity index (χ4n) is 1.42. The molecule has 1 N–H and O–H groups in total. The van der Waals surface area contributed by atoms with E-state index >= 15 is 0 Å². The molecule has 0 heterocycles. The summed E-state index contributed by atoms with van der Waals surface area (Å²) >= 11 is 0. The summed E-state index contributed by atoms with van der Waals surface area (Å²) in [6.45, 7) is 3.82. The molecule has 0 radical (unpaired) electrons. The van der Waals surface area contributed by atoms with Crippen LogP contribution in [0.3, 0.4) is 0 Å². The Morgan fingerprint density at radius 3 is 2.60 bits per heavy atom. The summed E-state index contributed by atoms with van der Waals surface area (Å²) in [6.07, 6.45) is 0.493. The van der Waals surface area contributed by atoms with E-state index in [9.17, 15) is 4.39 Å². The Hall–Kier alpha value is -1.09. The molecule has 0 aliphatic rings. The number of halogens is 1. The van der Waals surface area contributed by atoms with Crippen molar-refractivity contribution < 1.29 is 14.2 Å². The number of rotatable bonds is 4. The van der Waals surface area contributed by atoms with Gasteiger partial charge in [0.15, 0.2) is 11.6 Å². The van der Waals surface area contributed by atoms with Crippen molar-refractivity contribution in [1.29, 1.82) is 0 Å². The monoisotopic (exact) mass is 212 g/mol. The minimum Gasteiger partial charge on any atom is -0.494 e. The van der Waals surface area contributed by atoms with Crippen LogP contribution in [0.15, 0.2) is 18.2 Å². The molecular weight excluding hydrogens is 195 g/mol. The van der Waals surface area contributed by atoms with Gasteiger partial charge in [0.25, 0.3) is 0 Å². The summed E-state index contributed by atoms with van der Waals surface area (Å²) in [6, 6.07) is 5.06. The van der Waals surface area contributed by atoms with E-state index in [0.717, 1.165) is 0 Å². The first-order chi connectivity index (χ1) is 7.00. The molecule has 0 aliphatic heterocycles. The van der Waals surface area contributed by atoms with E-state index < -0.39 is 0 Å². The van der Waals surface area contributed by atoms with Gasteiger partial charge in [-0.15, -0.1) is 0 Å². The van der Waals surface area contributed by atoms with Crippen LogP contribution >= 0.6 is 0 Å². The predicted octanol–water partition coefficient (Wildman–Crippen LogP) is 2.40. The van der Waals surface area contributed by atoms with Crippen LogP contribution in [0.25, 0.3) is 0 Å². The van der Waals surface area contributed by atoms with Crippen molar-refractivity contribution in [1.82, 2.24) is 0 Å². The maximum absolute atomic E-state index is 13.7. The molecule has 1 aromatic rings. The molecule has 0 aliphatic carbocycles. The average molecular weight is 212 g/mol. The first kappa shape index (κ1) is 12.0. The van der Waals surface area contributed by atoms with Crippen molar-refractivity contribution in [3.8, 4) is 5.75 Å². The lowest BCUT2D eigenvalue weighted by Crippen LogP contribution is -2.20. The SMILES string of the molecule is COc1cccc(CC(C)(C)CO)c1F. The fourth-order valence-corrected chi connectivity index (χ4v) is 1.42. The van der Waals surface area contributed by atoms with Crippen LogP contribution in [0.2, 0.25) is 0 Å². The summed E-state index contributed by atoms with van der Waals surface area (Å²) < 4.78 is 18.6. The number of benzene rings is 1. The third kappa shape index (κ3) is 2.93. The number of methoxy groups -OCH3 is 1. The molecule has 1 aromatic carbocycles. The van der Waals surface area contributed by atoms with Crippen molar-refractivity contribution in [3.05, 3.63) is 29.6 Å². The third-order valence-corrected chi connectivity index (χ3v) is 2.36. The highest BCUT2D eigenvalue weighted by Gasteiger charge is 2.20. The van der Waals surface area contributed by atoms with E-state index in [0.29, 0.717) is 12.0 Å². The summed E-state index contributed by atoms with van der Waals surface area (Å²) in [5.41, 5.74) is 0.265. The van der Waals surface area contributed by atoms with Crippen LogP contribution in [0.4, 0.5) is 4.39 Å². The minimum atomic E-state index is -0.332. The van der Waals surface area contributed by atoms with E-state index in [1.54, 1.807) is 18.2 Å². The van der Waals surface area contributed by atoms with Gasteiger partial charge in [0, 0.05) is 6.61 Å². The van der Waals surface area contributed by atoms with Gasteiger partial charge in [-0.25, -0.2) is 4.39 Å². The minimum absolute atomic E-state index is 0.0314. The van der Waals surface area contributed by atoms with E-state index in [1.165, 1.54) is 7.11 Å². The molecular formula is C12H17FO2. The second-order valence-electron chi connectivity index (χ2n) is 4.43. The van der Waals surface area contributed by atoms with Crippen molar-refractivity contribution in [2.75, 3.05) is 13.7 Å². The van der Waals surface area contributed by atoms with Crippen LogP contribution in [0.5, 0.6) is 5.75 Å². The highest BCUT2D eigenvalue weighted by Crippen LogP contribution is 2.26. The molecule has 0 amide bonds. The third-order valence-electron chi connectivity index (χ3n) is 2.36. The van der Waals surface area contributed by atoms with Crippen LogP contribution in [0, 0.1) is 11.2 Å². The molecule has 0 unspecified atom stereocenters. The van der Waals surface area contributed by atoms with Crippen molar-refractivity contribution >= 4 is 0 Å². The molecule has 0 spiro atoms. The van der Waals surface area contributed by atoms with Crippen LogP contribution in [-0.2, 0) is 6.42 Å². The Bertz CT molecular complexity index is 334. The number of aliphatic hydroxyl groups excluding tert-OH is 1. The summed E-state index contributed by atoms with van der Waals surface area (Å²) in [5, 5.41) is 9.12. The molecule has 3 heteroatoms. The highest BCUT2D eigenvalue weighted by molar-refractivity contribution is 5.31. The normalized spacial score (nSPS) is 11.5. The van der Waals surface area contributed by atoms with Crippen LogP contribution in [-0.4, -0.2) is 18.8 Å². The Kier molecular flexibility index (Phi) is 3.69. The standard InChI is InChI=1S/C12H17FO2/c1-12(2,8-14)7-9-5-4-6-10(15-3)11(9)13/h4-6,14H,7-8H2,1-3H3. The summed E-state index contributed by atoms with van der Waals surface area (Å²) in [5.74, 6) is -0.0808. The summed E-state index contributed by atoms with van der Waals surface area (Å²) in [7, 11) is 1.44. The van der Waals surface area contributed by atoms with E-state index in [1.807, 2.05) is 13.8 Å². The predicted molar refractivity (Wildman–Crippen MR) is 57.5 cm³/mol. The molecule has 0 fully saturated rings. The zero-order chi connectivity index (χ0) is 11.5. The van der Waals surface area contributed by atoms with Gasteiger partial charge < -0.3 is 9.84 Å². The average Bonchev–Trinajstić information content (AvgIpc) is 2.21. The lowest BCUT2D eigenvalue weighted by atomic mass is 9.86. The second kappa shape index (κ2) is 4.62. The molecule has 0 bridgehead atoms. The molecule has 84 valence electrons. The fraction of sp³-hybridized carbons (Fsp3) is 0.500. The van der Waals surface area contributed by atoms with Gasteiger partial charge in [-0.1, -0.05) is 26.0 Å². The molecule has 1 rings (SSSR count). The van der Waals surface area contributed by atoms with Gasteiger partial charge in [0.2, 0.25) is 0 Å². The lowest BCUT2D eigenvalue weighted by molar-refractivity contribution is 0.158. The van der Waals surface area contributed by atoms with E-state index in [2.05, 4.69) is 0 Å². The molecule has 0 saturated carbocycles. The van der Waals surface area contributed by atoms with Crippen molar-refractivity contribution in [3.63, 3.8) is 0 Å². The number of hydrogen-bond donors (Lipinski definition) is 1. The largest absolute Gasteiger partial charge is 0.494 e. The second-order valence-corrected chi connectivity index (χ2v) is 4.43. The highest BCUT2D eigenvalue weighted by atomic mass is 19.1. The first-order valence-electron chi connectivity index (χ1n) is 4.92. The first-order valence-corrected chi connectivity index (χ1v) is 4.92. The Labute approximate surface area is 89.7 Å². The van der Waals surface area contributed by atoms with Gasteiger partial charge >= 0.3 is 0 Å². The van der Waals surface area contributed by atoms with Crippen LogP contribution in [0.1, 0.15) is 19.4 Å². The van der Waals surface area contributed by atoms with E-state index in [4.69, 9.17) is 9.84 Å². The summed E-state index contributed by atoms with van der Waals surface area (Å²) in [4.78, 5) is 0. The Morgan fingerprint density at radius 2 is 2.07 bits per heavy atom.